The molecule has 3 rings (SSSR count). The van der Waals surface area contributed by atoms with Crippen LogP contribution in [0.3, 0.4) is 0 Å². The van der Waals surface area contributed by atoms with E-state index >= 15 is 0 Å². The predicted molar refractivity (Wildman–Crippen MR) is 124 cm³/mol. The molecule has 32 heavy (non-hydrogen) atoms. The van der Waals surface area contributed by atoms with E-state index in [1.165, 1.54) is 16.4 Å². The van der Waals surface area contributed by atoms with Crippen LogP contribution in [0.2, 0.25) is 0 Å². The Morgan fingerprint density at radius 2 is 1.59 bits per heavy atom. The van der Waals surface area contributed by atoms with Crippen molar-refractivity contribution in [3.63, 3.8) is 0 Å². The fourth-order valence-corrected chi connectivity index (χ4v) is 4.93. The zero-order valence-corrected chi connectivity index (χ0v) is 19.1. The molecule has 2 N–H and O–H groups in total. The van der Waals surface area contributed by atoms with Crippen LogP contribution in [0.15, 0.2) is 59.5 Å². The number of nitrogens with one attached hydrogen (secondary N) is 2. The number of nitrogens with zero attached hydrogens (tertiary/aromatic N) is 2. The largest absolute Gasteiger partial charge is 0.352 e. The van der Waals surface area contributed by atoms with Gasteiger partial charge >= 0.3 is 0 Å². The lowest BCUT2D eigenvalue weighted by Crippen LogP contribution is -2.48. The van der Waals surface area contributed by atoms with Crippen LogP contribution in [0.5, 0.6) is 0 Å². The highest BCUT2D eigenvalue weighted by Gasteiger charge is 2.27. The zero-order chi connectivity index (χ0) is 23.0. The molecule has 2 aromatic rings. The summed E-state index contributed by atoms with van der Waals surface area (Å²) < 4.78 is 27.2. The average molecular weight is 459 g/mol. The molecule has 0 spiro atoms. The van der Waals surface area contributed by atoms with Gasteiger partial charge in [0, 0.05) is 50.4 Å². The summed E-state index contributed by atoms with van der Waals surface area (Å²) in [5.41, 5.74) is 1.12. The summed E-state index contributed by atoms with van der Waals surface area (Å²) >= 11 is 0. The molecule has 2 amide bonds. The summed E-state index contributed by atoms with van der Waals surface area (Å²) in [5.74, 6) is -0.357. The molecule has 8 nitrogen and oxygen atoms in total. The monoisotopic (exact) mass is 458 g/mol. The summed E-state index contributed by atoms with van der Waals surface area (Å²) in [7, 11) is -3.53. The number of anilines is 1. The van der Waals surface area contributed by atoms with Gasteiger partial charge in [0.2, 0.25) is 15.9 Å². The van der Waals surface area contributed by atoms with Crippen molar-refractivity contribution < 1.29 is 18.0 Å². The van der Waals surface area contributed by atoms with E-state index in [2.05, 4.69) is 22.5 Å². The van der Waals surface area contributed by atoms with Gasteiger partial charge in [0.25, 0.3) is 5.91 Å². The van der Waals surface area contributed by atoms with Crippen molar-refractivity contribution >= 4 is 27.5 Å². The molecule has 2 aromatic carbocycles. The van der Waals surface area contributed by atoms with E-state index in [4.69, 9.17) is 0 Å². The van der Waals surface area contributed by atoms with Crippen LogP contribution in [0.4, 0.5) is 5.69 Å². The number of amides is 2. The maximum atomic E-state index is 12.8. The zero-order valence-electron chi connectivity index (χ0n) is 18.3. The Morgan fingerprint density at radius 3 is 2.22 bits per heavy atom. The van der Waals surface area contributed by atoms with Crippen LogP contribution in [-0.2, 0) is 14.8 Å². The average Bonchev–Trinajstić information content (AvgIpc) is 2.82. The minimum absolute atomic E-state index is 0.168. The molecule has 0 bridgehead atoms. The molecule has 0 aliphatic carbocycles. The number of hydrogen-bond donors (Lipinski definition) is 2. The van der Waals surface area contributed by atoms with Gasteiger partial charge in [-0.05, 0) is 49.4 Å². The van der Waals surface area contributed by atoms with E-state index < -0.39 is 10.0 Å². The highest BCUT2D eigenvalue weighted by molar-refractivity contribution is 7.89. The summed E-state index contributed by atoms with van der Waals surface area (Å²) in [5, 5.41) is 5.55. The van der Waals surface area contributed by atoms with Gasteiger partial charge in [-0.2, -0.15) is 4.31 Å². The first-order valence-electron chi connectivity index (χ1n) is 10.9. The Kier molecular flexibility index (Phi) is 8.38. The molecule has 1 fully saturated rings. The van der Waals surface area contributed by atoms with Crippen LogP contribution in [0, 0.1) is 0 Å². The normalized spacial score (nSPS) is 15.3. The van der Waals surface area contributed by atoms with Crippen LogP contribution in [-0.4, -0.2) is 68.7 Å². The van der Waals surface area contributed by atoms with Gasteiger partial charge in [-0.3, -0.25) is 9.59 Å². The quantitative estimate of drug-likeness (QED) is 0.561. The molecule has 1 saturated heterocycles. The van der Waals surface area contributed by atoms with Crippen molar-refractivity contribution in [1.82, 2.24) is 14.5 Å². The first-order valence-corrected chi connectivity index (χ1v) is 12.3. The van der Waals surface area contributed by atoms with E-state index in [9.17, 15) is 18.0 Å². The van der Waals surface area contributed by atoms with E-state index in [0.717, 1.165) is 19.6 Å². The van der Waals surface area contributed by atoms with Crippen molar-refractivity contribution in [2.45, 2.75) is 24.7 Å². The summed E-state index contributed by atoms with van der Waals surface area (Å²) in [6, 6.07) is 15.2. The van der Waals surface area contributed by atoms with Gasteiger partial charge in [-0.25, -0.2) is 8.42 Å². The number of carbonyl (C=O) groups excluding carboxylic acids is 2. The van der Waals surface area contributed by atoms with Crippen molar-refractivity contribution in [2.24, 2.45) is 0 Å². The molecule has 0 unspecified atom stereocenters. The molecule has 1 aliphatic heterocycles. The molecule has 0 aromatic heterocycles. The third kappa shape index (κ3) is 6.38. The molecular formula is C23H30N4O4S. The first-order chi connectivity index (χ1) is 15.4. The third-order valence-corrected chi connectivity index (χ3v) is 7.37. The van der Waals surface area contributed by atoms with Crippen molar-refractivity contribution in [2.75, 3.05) is 44.6 Å². The fraction of sp³-hybridized carbons (Fsp3) is 0.391. The lowest BCUT2D eigenvalue weighted by molar-refractivity contribution is -0.116. The van der Waals surface area contributed by atoms with Gasteiger partial charge in [0.05, 0.1) is 4.90 Å². The molecule has 1 heterocycles. The second-order valence-corrected chi connectivity index (χ2v) is 9.57. The smallest absolute Gasteiger partial charge is 0.251 e. The Morgan fingerprint density at radius 1 is 0.938 bits per heavy atom. The Balaban J connectivity index is 1.44. The molecule has 1 aliphatic rings. The minimum atomic E-state index is -3.53. The Labute approximate surface area is 189 Å². The van der Waals surface area contributed by atoms with Gasteiger partial charge in [-0.15, -0.1) is 0 Å². The fourth-order valence-electron chi connectivity index (χ4n) is 3.51. The van der Waals surface area contributed by atoms with Gasteiger partial charge < -0.3 is 15.5 Å². The van der Waals surface area contributed by atoms with E-state index in [1.807, 2.05) is 6.07 Å². The maximum Gasteiger partial charge on any atom is 0.251 e. The maximum absolute atomic E-state index is 12.8. The standard InChI is InChI=1S/C23H30N4O4S/c1-2-26-15-17-27(18-16-26)32(30,31)21-12-10-20(11-13-21)25-22(28)9-6-14-24-23(29)19-7-4-3-5-8-19/h3-5,7-8,10-13H,2,6,9,14-18H2,1H3,(H,24,29)(H,25,28). The van der Waals surface area contributed by atoms with Gasteiger partial charge in [-0.1, -0.05) is 25.1 Å². The molecular weight excluding hydrogens is 428 g/mol. The van der Waals surface area contributed by atoms with Crippen LogP contribution >= 0.6 is 0 Å². The number of hydrogen-bond acceptors (Lipinski definition) is 5. The number of rotatable bonds is 9. The summed E-state index contributed by atoms with van der Waals surface area (Å²) in [4.78, 5) is 26.6. The van der Waals surface area contributed by atoms with E-state index in [-0.39, 0.29) is 23.1 Å². The molecule has 0 atom stereocenters. The van der Waals surface area contributed by atoms with Crippen LogP contribution in [0.1, 0.15) is 30.1 Å². The molecule has 0 saturated carbocycles. The number of piperazine rings is 1. The lowest BCUT2D eigenvalue weighted by Gasteiger charge is -2.33. The lowest BCUT2D eigenvalue weighted by atomic mass is 10.2. The topological polar surface area (TPSA) is 98.8 Å². The first kappa shape index (κ1) is 23.9. The predicted octanol–water partition coefficient (Wildman–Crippen LogP) is 2.16. The number of sulfonamides is 1. The Bertz CT molecular complexity index is 1000. The van der Waals surface area contributed by atoms with Crippen molar-refractivity contribution in [1.29, 1.82) is 0 Å². The molecule has 172 valence electrons. The minimum Gasteiger partial charge on any atom is -0.352 e. The molecule has 0 radical (unpaired) electrons. The van der Waals surface area contributed by atoms with Crippen molar-refractivity contribution in [3.05, 3.63) is 60.2 Å². The second-order valence-electron chi connectivity index (χ2n) is 7.64. The second kappa shape index (κ2) is 11.2. The summed E-state index contributed by atoms with van der Waals surface area (Å²) in [6.45, 7) is 5.81. The SMILES string of the molecule is CCN1CCN(S(=O)(=O)c2ccc(NC(=O)CCCNC(=O)c3ccccc3)cc2)CC1. The number of benzene rings is 2. The van der Waals surface area contributed by atoms with Crippen LogP contribution in [0.25, 0.3) is 0 Å². The number of carbonyl (C=O) groups is 2. The van der Waals surface area contributed by atoms with E-state index in [1.54, 1.807) is 36.4 Å². The third-order valence-electron chi connectivity index (χ3n) is 5.46. The summed E-state index contributed by atoms with van der Waals surface area (Å²) in [6.07, 6.45) is 0.747. The van der Waals surface area contributed by atoms with Crippen LogP contribution < -0.4 is 10.6 Å². The Hall–Kier alpha value is -2.75. The van der Waals surface area contributed by atoms with Crippen molar-refractivity contribution in [3.8, 4) is 0 Å². The van der Waals surface area contributed by atoms with Gasteiger partial charge in [0.15, 0.2) is 0 Å². The number of likely N-dealkylation sites (N-methyl/N-ethyl adjacent to an activating group) is 1. The van der Waals surface area contributed by atoms with Gasteiger partial charge in [0.1, 0.15) is 0 Å². The van der Waals surface area contributed by atoms with E-state index in [0.29, 0.717) is 37.3 Å². The highest BCUT2D eigenvalue weighted by Crippen LogP contribution is 2.20. The highest BCUT2D eigenvalue weighted by atomic mass is 32.2. The molecule has 9 heteroatoms.